The molecule has 3 N–H and O–H groups in total. The second-order valence-electron chi connectivity index (χ2n) is 4.18. The number of hydrogen-bond acceptors (Lipinski definition) is 4. The van der Waals surface area contributed by atoms with Crippen molar-refractivity contribution in [1.29, 1.82) is 0 Å². The van der Waals surface area contributed by atoms with Crippen LogP contribution in [0.2, 0.25) is 0 Å². The number of nitrogens with one attached hydrogen (secondary N) is 2. The number of benzene rings is 1. The summed E-state index contributed by atoms with van der Waals surface area (Å²) in [5.41, 5.74) is 0.415. The predicted octanol–water partition coefficient (Wildman–Crippen LogP) is 2.08. The molecule has 1 unspecified atom stereocenters. The van der Waals surface area contributed by atoms with E-state index in [0.29, 0.717) is 30.4 Å². The number of anilines is 1. The lowest BCUT2D eigenvalue weighted by Gasteiger charge is -2.15. The summed E-state index contributed by atoms with van der Waals surface area (Å²) in [6, 6.07) is 3.43. The van der Waals surface area contributed by atoms with Gasteiger partial charge in [-0.3, -0.25) is 4.79 Å². The number of urea groups is 1. The van der Waals surface area contributed by atoms with Crippen molar-refractivity contribution in [3.05, 3.63) is 18.2 Å². The van der Waals surface area contributed by atoms with E-state index in [4.69, 9.17) is 14.6 Å². The molecule has 7 heteroatoms. The Morgan fingerprint density at radius 3 is 2.48 bits per heavy atom. The summed E-state index contributed by atoms with van der Waals surface area (Å²) >= 11 is 0. The molecule has 0 aliphatic carbocycles. The van der Waals surface area contributed by atoms with E-state index >= 15 is 0 Å². The van der Waals surface area contributed by atoms with Crippen molar-refractivity contribution in [2.75, 3.05) is 18.5 Å². The normalized spacial score (nSPS) is 11.4. The molecule has 0 aliphatic rings. The Balaban J connectivity index is 2.85. The zero-order chi connectivity index (χ0) is 15.8. The summed E-state index contributed by atoms with van der Waals surface area (Å²) in [7, 11) is 0. The standard InChI is InChI=1S/C14H20N2O5/c1-4-20-10-6-7-12(21-5-2)11(8-10)16-14(19)15-9(3)13(17)18/h6-9H,4-5H2,1-3H3,(H,17,18)(H2,15,16,19). The first kappa shape index (κ1) is 16.6. The third kappa shape index (κ3) is 5.21. The molecule has 0 aliphatic heterocycles. The second kappa shape index (κ2) is 7.98. The first-order valence-corrected chi connectivity index (χ1v) is 6.67. The van der Waals surface area contributed by atoms with Crippen LogP contribution >= 0.6 is 0 Å². The van der Waals surface area contributed by atoms with Gasteiger partial charge in [0.05, 0.1) is 18.9 Å². The van der Waals surface area contributed by atoms with Crippen LogP contribution in [0.25, 0.3) is 0 Å². The molecule has 0 bridgehead atoms. The summed E-state index contributed by atoms with van der Waals surface area (Å²) in [6.07, 6.45) is 0. The van der Waals surface area contributed by atoms with Gasteiger partial charge in [0.15, 0.2) is 0 Å². The van der Waals surface area contributed by atoms with Crippen LogP contribution in [0.1, 0.15) is 20.8 Å². The average Bonchev–Trinajstić information content (AvgIpc) is 2.42. The molecule has 0 heterocycles. The van der Waals surface area contributed by atoms with Gasteiger partial charge in [-0.15, -0.1) is 0 Å². The van der Waals surface area contributed by atoms with E-state index in [9.17, 15) is 9.59 Å². The van der Waals surface area contributed by atoms with Crippen LogP contribution in [0.15, 0.2) is 18.2 Å². The van der Waals surface area contributed by atoms with E-state index in [1.807, 2.05) is 13.8 Å². The lowest BCUT2D eigenvalue weighted by molar-refractivity contribution is -0.138. The van der Waals surface area contributed by atoms with Gasteiger partial charge in [0, 0.05) is 6.07 Å². The molecule has 0 spiro atoms. The summed E-state index contributed by atoms with van der Waals surface area (Å²) in [5, 5.41) is 13.6. The molecule has 2 amide bonds. The maximum Gasteiger partial charge on any atom is 0.325 e. The highest BCUT2D eigenvalue weighted by atomic mass is 16.5. The molecular weight excluding hydrogens is 276 g/mol. The summed E-state index contributed by atoms with van der Waals surface area (Å²) in [5.74, 6) is -0.0418. The van der Waals surface area contributed by atoms with Crippen LogP contribution in [-0.4, -0.2) is 36.4 Å². The van der Waals surface area contributed by atoms with Gasteiger partial charge in [-0.1, -0.05) is 0 Å². The Labute approximate surface area is 123 Å². The zero-order valence-electron chi connectivity index (χ0n) is 12.3. The van der Waals surface area contributed by atoms with Crippen molar-refractivity contribution in [3.63, 3.8) is 0 Å². The van der Waals surface area contributed by atoms with E-state index in [-0.39, 0.29) is 0 Å². The van der Waals surface area contributed by atoms with Crippen LogP contribution in [0.5, 0.6) is 11.5 Å². The van der Waals surface area contributed by atoms with E-state index in [0.717, 1.165) is 0 Å². The van der Waals surface area contributed by atoms with Gasteiger partial charge in [-0.2, -0.15) is 0 Å². The molecule has 1 atom stereocenters. The van der Waals surface area contributed by atoms with Crippen molar-refractivity contribution in [2.24, 2.45) is 0 Å². The summed E-state index contributed by atoms with van der Waals surface area (Å²) in [6.45, 7) is 5.99. The van der Waals surface area contributed by atoms with Gasteiger partial charge in [0.2, 0.25) is 0 Å². The number of aliphatic carboxylic acids is 1. The van der Waals surface area contributed by atoms with Crippen molar-refractivity contribution in [3.8, 4) is 11.5 Å². The Morgan fingerprint density at radius 1 is 1.24 bits per heavy atom. The highest BCUT2D eigenvalue weighted by Crippen LogP contribution is 2.29. The number of amides is 2. The molecule has 1 rings (SSSR count). The van der Waals surface area contributed by atoms with Gasteiger partial charge >= 0.3 is 12.0 Å². The van der Waals surface area contributed by atoms with Crippen LogP contribution < -0.4 is 20.1 Å². The Morgan fingerprint density at radius 2 is 1.90 bits per heavy atom. The third-order valence-corrected chi connectivity index (χ3v) is 2.53. The van der Waals surface area contributed by atoms with Gasteiger partial charge < -0.3 is 25.2 Å². The highest BCUT2D eigenvalue weighted by Gasteiger charge is 2.15. The molecule has 0 aromatic heterocycles. The lowest BCUT2D eigenvalue weighted by Crippen LogP contribution is -2.40. The van der Waals surface area contributed by atoms with Gasteiger partial charge in [0.1, 0.15) is 17.5 Å². The largest absolute Gasteiger partial charge is 0.494 e. The van der Waals surface area contributed by atoms with E-state index in [1.54, 1.807) is 18.2 Å². The SMILES string of the molecule is CCOc1ccc(OCC)c(NC(=O)NC(C)C(=O)O)c1. The number of carbonyl (C=O) groups is 2. The molecule has 0 fully saturated rings. The molecule has 0 saturated heterocycles. The fourth-order valence-corrected chi connectivity index (χ4v) is 1.56. The maximum atomic E-state index is 11.8. The quantitative estimate of drug-likeness (QED) is 0.715. The fourth-order valence-electron chi connectivity index (χ4n) is 1.56. The predicted molar refractivity (Wildman–Crippen MR) is 78.0 cm³/mol. The minimum atomic E-state index is -1.11. The van der Waals surface area contributed by atoms with Gasteiger partial charge in [-0.25, -0.2) is 4.79 Å². The summed E-state index contributed by atoms with van der Waals surface area (Å²) < 4.78 is 10.8. The van der Waals surface area contributed by atoms with Crippen molar-refractivity contribution >= 4 is 17.7 Å². The molecule has 1 aromatic rings. The molecule has 21 heavy (non-hydrogen) atoms. The van der Waals surface area contributed by atoms with Crippen molar-refractivity contribution in [1.82, 2.24) is 5.32 Å². The Bertz CT molecular complexity index is 504. The molecule has 0 radical (unpaired) electrons. The molecule has 116 valence electrons. The zero-order valence-corrected chi connectivity index (χ0v) is 12.3. The van der Waals surface area contributed by atoms with Gasteiger partial charge in [-0.05, 0) is 32.9 Å². The van der Waals surface area contributed by atoms with E-state index in [2.05, 4.69) is 10.6 Å². The molecule has 0 saturated carbocycles. The number of carboxylic acids is 1. The number of carbonyl (C=O) groups excluding carboxylic acids is 1. The van der Waals surface area contributed by atoms with Crippen LogP contribution in [-0.2, 0) is 4.79 Å². The molecule has 7 nitrogen and oxygen atoms in total. The average molecular weight is 296 g/mol. The first-order chi connectivity index (χ1) is 9.97. The topological polar surface area (TPSA) is 96.9 Å². The number of ether oxygens (including phenoxy) is 2. The number of hydrogen-bond donors (Lipinski definition) is 3. The van der Waals surface area contributed by atoms with E-state index in [1.165, 1.54) is 6.92 Å². The number of rotatable bonds is 7. The highest BCUT2D eigenvalue weighted by molar-refractivity contribution is 5.93. The van der Waals surface area contributed by atoms with Gasteiger partial charge in [0.25, 0.3) is 0 Å². The van der Waals surface area contributed by atoms with Crippen molar-refractivity contribution < 1.29 is 24.2 Å². The first-order valence-electron chi connectivity index (χ1n) is 6.67. The summed E-state index contributed by atoms with van der Waals surface area (Å²) in [4.78, 5) is 22.5. The molecular formula is C14H20N2O5. The second-order valence-corrected chi connectivity index (χ2v) is 4.18. The van der Waals surface area contributed by atoms with Crippen molar-refractivity contribution in [2.45, 2.75) is 26.8 Å². The number of carboxylic acid groups (broad SMARTS) is 1. The Kier molecular flexibility index (Phi) is 6.32. The Hall–Kier alpha value is -2.44. The smallest absolute Gasteiger partial charge is 0.325 e. The minimum absolute atomic E-state index is 0.415. The minimum Gasteiger partial charge on any atom is -0.494 e. The monoisotopic (exact) mass is 296 g/mol. The molecule has 1 aromatic carbocycles. The van der Waals surface area contributed by atoms with Crippen LogP contribution in [0.3, 0.4) is 0 Å². The third-order valence-electron chi connectivity index (χ3n) is 2.53. The van der Waals surface area contributed by atoms with Crippen LogP contribution in [0.4, 0.5) is 10.5 Å². The van der Waals surface area contributed by atoms with Crippen LogP contribution in [0, 0.1) is 0 Å². The van der Waals surface area contributed by atoms with E-state index < -0.39 is 18.0 Å². The fraction of sp³-hybridized carbons (Fsp3) is 0.429. The lowest BCUT2D eigenvalue weighted by atomic mass is 10.2. The maximum absolute atomic E-state index is 11.8.